The highest BCUT2D eigenvalue weighted by Crippen LogP contribution is 2.30. The second-order valence-electron chi connectivity index (χ2n) is 2.37. The van der Waals surface area contributed by atoms with Gasteiger partial charge in [-0.2, -0.15) is 27.1 Å². The van der Waals surface area contributed by atoms with Gasteiger partial charge in [-0.25, -0.2) is 4.68 Å². The summed E-state index contributed by atoms with van der Waals surface area (Å²) >= 11 is 5.18. The van der Waals surface area contributed by atoms with Crippen LogP contribution in [0.2, 0.25) is 0 Å². The summed E-state index contributed by atoms with van der Waals surface area (Å²) in [5.41, 5.74) is -1.73. The zero-order valence-corrected chi connectivity index (χ0v) is 7.28. The molecule has 0 aliphatic carbocycles. The molecule has 0 atom stereocenters. The molecule has 8 heteroatoms. The second kappa shape index (κ2) is 3.72. The van der Waals surface area contributed by atoms with Crippen LogP contribution in [0.5, 0.6) is 0 Å². The predicted octanol–water partition coefficient (Wildman–Crippen LogP) is 3.04. The number of aromatic nitrogens is 2. The Balaban J connectivity index is 3.13. The van der Waals surface area contributed by atoms with Crippen LogP contribution in [0.3, 0.4) is 0 Å². The Hall–Kier alpha value is -0.850. The second-order valence-corrected chi connectivity index (χ2v) is 2.64. The molecule has 14 heavy (non-hydrogen) atoms. The van der Waals surface area contributed by atoms with Crippen molar-refractivity contribution in [3.8, 4) is 0 Å². The lowest BCUT2D eigenvalue weighted by Gasteiger charge is -2.02. The Labute approximate surface area is 80.3 Å². The summed E-state index contributed by atoms with van der Waals surface area (Å²) in [4.78, 5) is 0. The summed E-state index contributed by atoms with van der Waals surface area (Å²) in [5, 5.41) is 2.71. The molecule has 0 radical (unpaired) electrons. The Morgan fingerprint density at radius 1 is 1.43 bits per heavy atom. The lowest BCUT2D eigenvalue weighted by molar-refractivity contribution is -0.142. The van der Waals surface area contributed by atoms with Crippen LogP contribution in [0.15, 0.2) is 6.07 Å². The van der Waals surface area contributed by atoms with Crippen molar-refractivity contribution in [3.63, 3.8) is 0 Å². The fourth-order valence-corrected chi connectivity index (χ4v) is 1.04. The SMILES string of the molecule is FC(F)n1nc(C(F)(F)F)cc1CCl. The minimum absolute atomic E-state index is 0.0458. The number of rotatable bonds is 2. The summed E-state index contributed by atoms with van der Waals surface area (Å²) < 4.78 is 60.2. The number of hydrogen-bond acceptors (Lipinski definition) is 1. The maximum absolute atomic E-state index is 12.1. The van der Waals surface area contributed by atoms with E-state index in [0.29, 0.717) is 6.07 Å². The van der Waals surface area contributed by atoms with Crippen molar-refractivity contribution >= 4 is 11.6 Å². The molecule has 0 aromatic carbocycles. The molecule has 1 rings (SSSR count). The van der Waals surface area contributed by atoms with Crippen LogP contribution in [0.4, 0.5) is 22.0 Å². The molecule has 0 fully saturated rings. The van der Waals surface area contributed by atoms with Crippen molar-refractivity contribution in [1.29, 1.82) is 0 Å². The molecule has 0 aliphatic rings. The molecule has 0 amide bonds. The normalized spacial score (nSPS) is 12.5. The third-order valence-corrected chi connectivity index (χ3v) is 1.70. The Morgan fingerprint density at radius 2 is 2.00 bits per heavy atom. The first-order valence-electron chi connectivity index (χ1n) is 3.36. The highest BCUT2D eigenvalue weighted by molar-refractivity contribution is 6.16. The quantitative estimate of drug-likeness (QED) is 0.568. The zero-order chi connectivity index (χ0) is 10.9. The monoisotopic (exact) mass is 234 g/mol. The van der Waals surface area contributed by atoms with E-state index in [1.165, 1.54) is 0 Å². The van der Waals surface area contributed by atoms with Crippen molar-refractivity contribution in [2.75, 3.05) is 0 Å². The summed E-state index contributed by atoms with van der Waals surface area (Å²) in [7, 11) is 0. The highest BCUT2D eigenvalue weighted by Gasteiger charge is 2.35. The molecule has 0 saturated heterocycles. The fraction of sp³-hybridized carbons (Fsp3) is 0.500. The van der Waals surface area contributed by atoms with Gasteiger partial charge in [0.25, 0.3) is 0 Å². The summed E-state index contributed by atoms with van der Waals surface area (Å²) in [6.45, 7) is -3.13. The average molecular weight is 235 g/mol. The lowest BCUT2D eigenvalue weighted by atomic mass is 10.4. The molecule has 0 bridgehead atoms. The summed E-state index contributed by atoms with van der Waals surface area (Å²) in [6.07, 6.45) is -4.74. The van der Waals surface area contributed by atoms with E-state index in [0.717, 1.165) is 0 Å². The molecule has 2 nitrogen and oxygen atoms in total. The van der Waals surface area contributed by atoms with Gasteiger partial charge in [-0.05, 0) is 6.07 Å². The first kappa shape index (κ1) is 11.2. The first-order chi connectivity index (χ1) is 6.36. The maximum Gasteiger partial charge on any atom is 0.435 e. The average Bonchev–Trinajstić information content (AvgIpc) is 2.45. The van der Waals surface area contributed by atoms with E-state index < -0.39 is 24.3 Å². The van der Waals surface area contributed by atoms with E-state index in [1.807, 2.05) is 0 Å². The number of alkyl halides is 6. The molecular formula is C6H4ClF5N2. The van der Waals surface area contributed by atoms with Gasteiger partial charge in [0.2, 0.25) is 0 Å². The van der Waals surface area contributed by atoms with E-state index in [2.05, 4.69) is 5.10 Å². The Bertz CT molecular complexity index is 319. The molecule has 0 unspecified atom stereocenters. The number of hydrogen-bond donors (Lipinski definition) is 0. The van der Waals surface area contributed by atoms with Gasteiger partial charge in [0.05, 0.1) is 11.6 Å². The summed E-state index contributed by atoms with van der Waals surface area (Å²) in [6, 6.07) is 0.499. The van der Waals surface area contributed by atoms with Gasteiger partial charge >= 0.3 is 12.7 Å². The van der Waals surface area contributed by atoms with Gasteiger partial charge in [-0.1, -0.05) is 0 Å². The van der Waals surface area contributed by atoms with Crippen molar-refractivity contribution in [1.82, 2.24) is 9.78 Å². The van der Waals surface area contributed by atoms with Crippen molar-refractivity contribution in [2.45, 2.75) is 18.6 Å². The van der Waals surface area contributed by atoms with Gasteiger partial charge < -0.3 is 0 Å². The fourth-order valence-electron chi connectivity index (χ4n) is 0.840. The van der Waals surface area contributed by atoms with Crippen molar-refractivity contribution in [2.24, 2.45) is 0 Å². The minimum atomic E-state index is -4.74. The molecule has 1 aromatic rings. The van der Waals surface area contributed by atoms with Crippen LogP contribution >= 0.6 is 11.6 Å². The Morgan fingerprint density at radius 3 is 2.29 bits per heavy atom. The van der Waals surface area contributed by atoms with E-state index in [-0.39, 0.29) is 10.4 Å². The van der Waals surface area contributed by atoms with E-state index in [1.54, 1.807) is 0 Å². The molecule has 1 aromatic heterocycles. The first-order valence-corrected chi connectivity index (χ1v) is 3.89. The van der Waals surface area contributed by atoms with Crippen molar-refractivity contribution < 1.29 is 22.0 Å². The predicted molar refractivity (Wildman–Crippen MR) is 38.0 cm³/mol. The molecular weight excluding hydrogens is 231 g/mol. The van der Waals surface area contributed by atoms with Crippen molar-refractivity contribution in [3.05, 3.63) is 17.5 Å². The highest BCUT2D eigenvalue weighted by atomic mass is 35.5. The smallest absolute Gasteiger partial charge is 0.207 e. The molecule has 0 saturated carbocycles. The number of nitrogens with zero attached hydrogens (tertiary/aromatic N) is 2. The topological polar surface area (TPSA) is 17.8 Å². The molecule has 80 valence electrons. The van der Waals surface area contributed by atoms with Crippen LogP contribution in [0, 0.1) is 0 Å². The van der Waals surface area contributed by atoms with E-state index in [9.17, 15) is 22.0 Å². The third-order valence-electron chi connectivity index (χ3n) is 1.43. The summed E-state index contributed by atoms with van der Waals surface area (Å²) in [5.74, 6) is -0.451. The molecule has 1 heterocycles. The van der Waals surface area contributed by atoms with Crippen LogP contribution in [-0.2, 0) is 12.1 Å². The lowest BCUT2D eigenvalue weighted by Crippen LogP contribution is -2.09. The largest absolute Gasteiger partial charge is 0.435 e. The molecule has 0 spiro atoms. The standard InChI is InChI=1S/C6H4ClF5N2/c7-2-3-1-4(6(10,11)12)13-14(3)5(8)9/h1,5H,2H2. The van der Waals surface area contributed by atoms with Gasteiger partial charge in [0.1, 0.15) is 0 Å². The third kappa shape index (κ3) is 2.14. The van der Waals surface area contributed by atoms with Gasteiger partial charge in [0.15, 0.2) is 5.69 Å². The van der Waals surface area contributed by atoms with Crippen LogP contribution in [0.25, 0.3) is 0 Å². The van der Waals surface area contributed by atoms with Gasteiger partial charge in [-0.3, -0.25) is 0 Å². The Kier molecular flexibility index (Phi) is 2.98. The van der Waals surface area contributed by atoms with Crippen LogP contribution in [0.1, 0.15) is 17.9 Å². The number of halogens is 6. The zero-order valence-electron chi connectivity index (χ0n) is 6.52. The van der Waals surface area contributed by atoms with E-state index >= 15 is 0 Å². The molecule has 0 N–H and O–H groups in total. The van der Waals surface area contributed by atoms with Crippen LogP contribution in [-0.4, -0.2) is 9.78 Å². The minimum Gasteiger partial charge on any atom is -0.207 e. The molecule has 0 aliphatic heterocycles. The van der Waals surface area contributed by atoms with E-state index in [4.69, 9.17) is 11.6 Å². The van der Waals surface area contributed by atoms with Crippen LogP contribution < -0.4 is 0 Å². The maximum atomic E-state index is 12.1. The van der Waals surface area contributed by atoms with Gasteiger partial charge in [0, 0.05) is 0 Å². The van der Waals surface area contributed by atoms with Gasteiger partial charge in [-0.15, -0.1) is 11.6 Å².